The summed E-state index contributed by atoms with van der Waals surface area (Å²) in [7, 11) is 0. The van der Waals surface area contributed by atoms with Crippen molar-refractivity contribution < 1.29 is 14.3 Å². The lowest BCUT2D eigenvalue weighted by Gasteiger charge is -2.29. The molecule has 0 bridgehead atoms. The van der Waals surface area contributed by atoms with Gasteiger partial charge in [-0.05, 0) is 20.8 Å². The Labute approximate surface area is 90.3 Å². The van der Waals surface area contributed by atoms with Crippen LogP contribution in [0, 0.1) is 11.3 Å². The molecule has 86 valence electrons. The van der Waals surface area contributed by atoms with Crippen molar-refractivity contribution in [1.82, 2.24) is 5.32 Å². The van der Waals surface area contributed by atoms with Crippen molar-refractivity contribution in [2.75, 3.05) is 26.3 Å². The fourth-order valence-corrected chi connectivity index (χ4v) is 2.26. The Morgan fingerprint density at radius 2 is 2.27 bits per heavy atom. The molecule has 2 saturated heterocycles. The van der Waals surface area contributed by atoms with Gasteiger partial charge in [-0.15, -0.1) is 0 Å². The molecule has 0 aliphatic carbocycles. The average Bonchev–Trinajstić information content (AvgIpc) is 2.55. The van der Waals surface area contributed by atoms with Gasteiger partial charge in [-0.1, -0.05) is 0 Å². The van der Waals surface area contributed by atoms with Crippen LogP contribution in [0.4, 0.5) is 0 Å². The van der Waals surface area contributed by atoms with Crippen LogP contribution in [-0.2, 0) is 14.3 Å². The second-order valence-corrected chi connectivity index (χ2v) is 5.50. The highest BCUT2D eigenvalue weighted by Gasteiger charge is 2.54. The summed E-state index contributed by atoms with van der Waals surface area (Å²) in [5.41, 5.74) is -0.838. The van der Waals surface area contributed by atoms with E-state index < -0.39 is 11.0 Å². The number of fused-ring (bicyclic) bond motifs is 1. The Morgan fingerprint density at radius 3 is 2.93 bits per heavy atom. The summed E-state index contributed by atoms with van der Waals surface area (Å²) in [5.74, 6) is 0.176. The summed E-state index contributed by atoms with van der Waals surface area (Å²) in [6, 6.07) is 0. The maximum Gasteiger partial charge on any atom is 0.316 e. The van der Waals surface area contributed by atoms with Crippen LogP contribution < -0.4 is 5.32 Å². The lowest BCUT2D eigenvalue weighted by Crippen LogP contribution is -2.43. The number of carbonyl (C=O) groups excluding carboxylic acids is 1. The summed E-state index contributed by atoms with van der Waals surface area (Å²) >= 11 is 0. The van der Waals surface area contributed by atoms with E-state index in [2.05, 4.69) is 5.32 Å². The predicted octanol–water partition coefficient (Wildman–Crippen LogP) is 0.564. The first kappa shape index (κ1) is 10.9. The summed E-state index contributed by atoms with van der Waals surface area (Å²) in [4.78, 5) is 12.1. The Kier molecular flexibility index (Phi) is 2.51. The zero-order chi connectivity index (χ0) is 11.1. The predicted molar refractivity (Wildman–Crippen MR) is 55.5 cm³/mol. The number of ether oxygens (including phenoxy) is 2. The number of hydrogen-bond donors (Lipinski definition) is 1. The van der Waals surface area contributed by atoms with Crippen molar-refractivity contribution in [3.05, 3.63) is 0 Å². The molecule has 0 aromatic heterocycles. The van der Waals surface area contributed by atoms with E-state index in [-0.39, 0.29) is 11.9 Å². The Morgan fingerprint density at radius 1 is 1.53 bits per heavy atom. The van der Waals surface area contributed by atoms with Crippen molar-refractivity contribution >= 4 is 5.97 Å². The Bertz CT molecular complexity index is 259. The van der Waals surface area contributed by atoms with Gasteiger partial charge < -0.3 is 14.8 Å². The molecule has 4 nitrogen and oxygen atoms in total. The fourth-order valence-electron chi connectivity index (χ4n) is 2.26. The fraction of sp³-hybridized carbons (Fsp3) is 0.909. The van der Waals surface area contributed by atoms with Crippen LogP contribution in [-0.4, -0.2) is 37.9 Å². The highest BCUT2D eigenvalue weighted by molar-refractivity contribution is 5.79. The van der Waals surface area contributed by atoms with Crippen molar-refractivity contribution in [2.24, 2.45) is 11.3 Å². The maximum absolute atomic E-state index is 12.1. The molecule has 2 heterocycles. The topological polar surface area (TPSA) is 47.6 Å². The van der Waals surface area contributed by atoms with Gasteiger partial charge in [-0.25, -0.2) is 0 Å². The summed E-state index contributed by atoms with van der Waals surface area (Å²) < 4.78 is 10.9. The highest BCUT2D eigenvalue weighted by atomic mass is 16.6. The van der Waals surface area contributed by atoms with Crippen LogP contribution >= 0.6 is 0 Å². The number of hydrogen-bond acceptors (Lipinski definition) is 4. The average molecular weight is 213 g/mol. The molecular formula is C11H19NO3. The van der Waals surface area contributed by atoms with Crippen molar-refractivity contribution in [3.63, 3.8) is 0 Å². The van der Waals surface area contributed by atoms with E-state index in [0.717, 1.165) is 6.54 Å². The van der Waals surface area contributed by atoms with Crippen LogP contribution in [0.5, 0.6) is 0 Å². The minimum absolute atomic E-state index is 0.109. The van der Waals surface area contributed by atoms with E-state index in [4.69, 9.17) is 9.47 Å². The normalized spacial score (nSPS) is 35.3. The number of rotatable bonds is 1. The van der Waals surface area contributed by atoms with Gasteiger partial charge in [0, 0.05) is 19.0 Å². The third-order valence-corrected chi connectivity index (χ3v) is 3.10. The molecule has 2 fully saturated rings. The van der Waals surface area contributed by atoms with E-state index in [1.165, 1.54) is 0 Å². The van der Waals surface area contributed by atoms with Gasteiger partial charge >= 0.3 is 5.97 Å². The van der Waals surface area contributed by atoms with Crippen LogP contribution in [0.15, 0.2) is 0 Å². The van der Waals surface area contributed by atoms with Crippen LogP contribution in [0.2, 0.25) is 0 Å². The zero-order valence-corrected chi connectivity index (χ0v) is 9.63. The molecule has 0 spiro atoms. The molecule has 0 amide bonds. The minimum Gasteiger partial charge on any atom is -0.459 e. The van der Waals surface area contributed by atoms with Gasteiger partial charge in [0.25, 0.3) is 0 Å². The number of nitrogens with one attached hydrogen (secondary N) is 1. The molecule has 0 aromatic carbocycles. The number of carbonyl (C=O) groups is 1. The van der Waals surface area contributed by atoms with Gasteiger partial charge in [0.2, 0.25) is 0 Å². The van der Waals surface area contributed by atoms with Gasteiger partial charge in [0.15, 0.2) is 0 Å². The molecule has 15 heavy (non-hydrogen) atoms. The second kappa shape index (κ2) is 3.46. The Hall–Kier alpha value is -0.610. The largest absolute Gasteiger partial charge is 0.459 e. The maximum atomic E-state index is 12.1. The van der Waals surface area contributed by atoms with E-state index in [1.807, 2.05) is 20.8 Å². The molecule has 1 N–H and O–H groups in total. The van der Waals surface area contributed by atoms with Crippen molar-refractivity contribution in [3.8, 4) is 0 Å². The summed E-state index contributed by atoms with van der Waals surface area (Å²) in [6.07, 6.45) is 0. The number of esters is 1. The van der Waals surface area contributed by atoms with E-state index in [1.54, 1.807) is 0 Å². The smallest absolute Gasteiger partial charge is 0.316 e. The van der Waals surface area contributed by atoms with Gasteiger partial charge in [-0.3, -0.25) is 4.79 Å². The lowest BCUT2D eigenvalue weighted by atomic mass is 9.81. The second-order valence-electron chi connectivity index (χ2n) is 5.50. The third kappa shape index (κ3) is 1.88. The molecule has 2 aliphatic heterocycles. The van der Waals surface area contributed by atoms with E-state index in [9.17, 15) is 4.79 Å². The van der Waals surface area contributed by atoms with E-state index in [0.29, 0.717) is 19.8 Å². The molecule has 0 aromatic rings. The monoisotopic (exact) mass is 213 g/mol. The van der Waals surface area contributed by atoms with E-state index >= 15 is 0 Å². The van der Waals surface area contributed by atoms with Crippen LogP contribution in [0.25, 0.3) is 0 Å². The minimum atomic E-state index is -0.423. The quantitative estimate of drug-likeness (QED) is 0.647. The lowest BCUT2D eigenvalue weighted by molar-refractivity contribution is -0.167. The van der Waals surface area contributed by atoms with Gasteiger partial charge in [-0.2, -0.15) is 0 Å². The third-order valence-electron chi connectivity index (χ3n) is 3.10. The molecule has 2 rings (SSSR count). The highest BCUT2D eigenvalue weighted by Crippen LogP contribution is 2.39. The van der Waals surface area contributed by atoms with Crippen LogP contribution in [0.3, 0.4) is 0 Å². The SMILES string of the molecule is CC(C)(C)OC(=O)[C@]12CNCC1COC2. The zero-order valence-electron chi connectivity index (χ0n) is 9.63. The van der Waals surface area contributed by atoms with Gasteiger partial charge in [0.05, 0.1) is 13.2 Å². The van der Waals surface area contributed by atoms with Crippen molar-refractivity contribution in [1.29, 1.82) is 0 Å². The standard InChI is InChI=1S/C11H19NO3/c1-10(2,3)15-9(13)11-6-12-4-8(11)5-14-7-11/h8,12H,4-7H2,1-3H3/t8?,11-/m0/s1. The molecule has 0 saturated carbocycles. The van der Waals surface area contributed by atoms with Crippen molar-refractivity contribution in [2.45, 2.75) is 26.4 Å². The molecular weight excluding hydrogens is 194 g/mol. The molecule has 1 unspecified atom stereocenters. The molecule has 4 heteroatoms. The van der Waals surface area contributed by atoms with Gasteiger partial charge in [0.1, 0.15) is 11.0 Å². The molecule has 2 aliphatic rings. The first-order valence-corrected chi connectivity index (χ1v) is 5.46. The first-order chi connectivity index (χ1) is 6.94. The summed E-state index contributed by atoms with van der Waals surface area (Å²) in [5, 5.41) is 3.25. The van der Waals surface area contributed by atoms with Crippen LogP contribution in [0.1, 0.15) is 20.8 Å². The first-order valence-electron chi connectivity index (χ1n) is 5.46. The summed E-state index contributed by atoms with van der Waals surface area (Å²) in [6.45, 7) is 8.41. The molecule has 2 atom stereocenters. The molecule has 0 radical (unpaired) electrons. The Balaban J connectivity index is 2.11.